The highest BCUT2D eigenvalue weighted by Crippen LogP contribution is 2.19. The van der Waals surface area contributed by atoms with Crippen molar-refractivity contribution in [1.82, 2.24) is 0 Å². The zero-order valence-electron chi connectivity index (χ0n) is 8.54. The molecule has 0 bridgehead atoms. The van der Waals surface area contributed by atoms with Crippen molar-refractivity contribution in [2.24, 2.45) is 11.8 Å². The molecule has 0 aliphatic carbocycles. The first-order chi connectivity index (χ1) is 5.63. The SMILES string of the molecule is CCCC(C)C(OC=O)C(C)C. The van der Waals surface area contributed by atoms with Gasteiger partial charge in [0.2, 0.25) is 0 Å². The summed E-state index contributed by atoms with van der Waals surface area (Å²) in [5, 5.41) is 0. The molecule has 0 saturated heterocycles. The third-order valence-corrected chi connectivity index (χ3v) is 2.17. The van der Waals surface area contributed by atoms with Crippen molar-refractivity contribution in [3.8, 4) is 0 Å². The molecular formula is C10H20O2. The highest BCUT2D eigenvalue weighted by molar-refractivity contribution is 5.37. The van der Waals surface area contributed by atoms with Gasteiger partial charge >= 0.3 is 0 Å². The molecule has 0 aromatic carbocycles. The summed E-state index contributed by atoms with van der Waals surface area (Å²) in [5.41, 5.74) is 0. The van der Waals surface area contributed by atoms with Crippen LogP contribution < -0.4 is 0 Å². The second-order valence-corrected chi connectivity index (χ2v) is 3.71. The molecule has 2 unspecified atom stereocenters. The predicted molar refractivity (Wildman–Crippen MR) is 49.8 cm³/mol. The molecular weight excluding hydrogens is 152 g/mol. The molecule has 12 heavy (non-hydrogen) atoms. The van der Waals surface area contributed by atoms with Crippen LogP contribution in [-0.2, 0) is 9.53 Å². The lowest BCUT2D eigenvalue weighted by molar-refractivity contribution is -0.138. The first-order valence-electron chi connectivity index (χ1n) is 4.72. The third kappa shape index (κ3) is 3.74. The van der Waals surface area contributed by atoms with Gasteiger partial charge in [-0.3, -0.25) is 4.79 Å². The minimum absolute atomic E-state index is 0.0856. The number of rotatable bonds is 6. The van der Waals surface area contributed by atoms with Gasteiger partial charge in [0.15, 0.2) is 0 Å². The van der Waals surface area contributed by atoms with Crippen molar-refractivity contribution in [3.05, 3.63) is 0 Å². The van der Waals surface area contributed by atoms with E-state index in [-0.39, 0.29) is 6.10 Å². The van der Waals surface area contributed by atoms with Gasteiger partial charge in [-0.15, -0.1) is 0 Å². The monoisotopic (exact) mass is 172 g/mol. The Hall–Kier alpha value is -0.530. The number of hydrogen-bond acceptors (Lipinski definition) is 2. The van der Waals surface area contributed by atoms with Crippen molar-refractivity contribution < 1.29 is 9.53 Å². The van der Waals surface area contributed by atoms with E-state index in [2.05, 4.69) is 27.7 Å². The van der Waals surface area contributed by atoms with Crippen LogP contribution >= 0.6 is 0 Å². The molecule has 0 N–H and O–H groups in total. The molecule has 0 spiro atoms. The summed E-state index contributed by atoms with van der Waals surface area (Å²) in [6, 6.07) is 0. The lowest BCUT2D eigenvalue weighted by Gasteiger charge is -2.25. The Labute approximate surface area is 75.3 Å². The first kappa shape index (κ1) is 11.5. The fourth-order valence-corrected chi connectivity index (χ4v) is 1.63. The summed E-state index contributed by atoms with van der Waals surface area (Å²) >= 11 is 0. The van der Waals surface area contributed by atoms with Crippen LogP contribution in [0.25, 0.3) is 0 Å². The molecule has 0 aromatic heterocycles. The molecule has 0 fully saturated rings. The summed E-state index contributed by atoms with van der Waals surface area (Å²) in [4.78, 5) is 10.2. The summed E-state index contributed by atoms with van der Waals surface area (Å²) in [7, 11) is 0. The molecule has 0 heterocycles. The zero-order valence-corrected chi connectivity index (χ0v) is 8.54. The van der Waals surface area contributed by atoms with Gasteiger partial charge in [0.05, 0.1) is 0 Å². The number of carbonyl (C=O) groups is 1. The van der Waals surface area contributed by atoms with Gasteiger partial charge in [-0.25, -0.2) is 0 Å². The smallest absolute Gasteiger partial charge is 0.293 e. The van der Waals surface area contributed by atoms with E-state index in [0.717, 1.165) is 12.8 Å². The minimum atomic E-state index is 0.0856. The Morgan fingerprint density at radius 3 is 2.25 bits per heavy atom. The van der Waals surface area contributed by atoms with Gasteiger partial charge in [0.1, 0.15) is 6.10 Å². The average Bonchev–Trinajstić information content (AvgIpc) is 1.99. The van der Waals surface area contributed by atoms with Crippen molar-refractivity contribution >= 4 is 6.47 Å². The zero-order chi connectivity index (χ0) is 9.56. The Morgan fingerprint density at radius 1 is 1.33 bits per heavy atom. The molecule has 0 radical (unpaired) electrons. The topological polar surface area (TPSA) is 26.3 Å². The summed E-state index contributed by atoms with van der Waals surface area (Å²) in [6.45, 7) is 9.02. The molecule has 0 aromatic rings. The van der Waals surface area contributed by atoms with Gasteiger partial charge in [0, 0.05) is 0 Å². The average molecular weight is 172 g/mol. The molecule has 2 heteroatoms. The number of ether oxygens (including phenoxy) is 1. The van der Waals surface area contributed by atoms with Crippen LogP contribution in [0.1, 0.15) is 40.5 Å². The van der Waals surface area contributed by atoms with Crippen molar-refractivity contribution in [1.29, 1.82) is 0 Å². The lowest BCUT2D eigenvalue weighted by Crippen LogP contribution is -2.27. The minimum Gasteiger partial charge on any atom is -0.464 e. The maximum Gasteiger partial charge on any atom is 0.293 e. The normalized spacial score (nSPS) is 15.8. The van der Waals surface area contributed by atoms with Crippen LogP contribution in [0, 0.1) is 11.8 Å². The van der Waals surface area contributed by atoms with E-state index in [9.17, 15) is 4.79 Å². The number of carbonyl (C=O) groups excluding carboxylic acids is 1. The predicted octanol–water partition coefficient (Wildman–Crippen LogP) is 2.62. The van der Waals surface area contributed by atoms with Crippen LogP contribution in [0.3, 0.4) is 0 Å². The van der Waals surface area contributed by atoms with Gasteiger partial charge in [-0.2, -0.15) is 0 Å². The Bertz CT molecular complexity index is 121. The van der Waals surface area contributed by atoms with E-state index in [1.165, 1.54) is 0 Å². The van der Waals surface area contributed by atoms with E-state index in [4.69, 9.17) is 4.74 Å². The fourth-order valence-electron chi connectivity index (χ4n) is 1.63. The number of hydrogen-bond donors (Lipinski definition) is 0. The maximum atomic E-state index is 10.2. The van der Waals surface area contributed by atoms with E-state index < -0.39 is 0 Å². The van der Waals surface area contributed by atoms with E-state index >= 15 is 0 Å². The van der Waals surface area contributed by atoms with Crippen LogP contribution in [0.5, 0.6) is 0 Å². The van der Waals surface area contributed by atoms with E-state index in [0.29, 0.717) is 18.3 Å². The molecule has 2 nitrogen and oxygen atoms in total. The van der Waals surface area contributed by atoms with Crippen LogP contribution in [0.15, 0.2) is 0 Å². The van der Waals surface area contributed by atoms with Crippen LogP contribution in [0.4, 0.5) is 0 Å². The van der Waals surface area contributed by atoms with Gasteiger partial charge < -0.3 is 4.74 Å². The van der Waals surface area contributed by atoms with Crippen molar-refractivity contribution in [2.45, 2.75) is 46.6 Å². The first-order valence-corrected chi connectivity index (χ1v) is 4.72. The largest absolute Gasteiger partial charge is 0.464 e. The standard InChI is InChI=1S/C10H20O2/c1-5-6-9(4)10(8(2)3)12-7-11/h7-10H,5-6H2,1-4H3. The maximum absolute atomic E-state index is 10.2. The van der Waals surface area contributed by atoms with Gasteiger partial charge in [-0.05, 0) is 18.3 Å². The van der Waals surface area contributed by atoms with Gasteiger partial charge in [-0.1, -0.05) is 34.1 Å². The quantitative estimate of drug-likeness (QED) is 0.576. The molecule has 0 aliphatic heterocycles. The fraction of sp³-hybridized carbons (Fsp3) is 0.900. The van der Waals surface area contributed by atoms with E-state index in [1.54, 1.807) is 0 Å². The van der Waals surface area contributed by atoms with Crippen LogP contribution in [0.2, 0.25) is 0 Å². The second-order valence-electron chi connectivity index (χ2n) is 3.71. The second kappa shape index (κ2) is 6.04. The highest BCUT2D eigenvalue weighted by Gasteiger charge is 2.20. The lowest BCUT2D eigenvalue weighted by atomic mass is 9.91. The molecule has 0 rings (SSSR count). The Kier molecular flexibility index (Phi) is 5.77. The van der Waals surface area contributed by atoms with Gasteiger partial charge in [0.25, 0.3) is 6.47 Å². The van der Waals surface area contributed by atoms with Crippen molar-refractivity contribution in [3.63, 3.8) is 0 Å². The summed E-state index contributed by atoms with van der Waals surface area (Å²) in [6.07, 6.45) is 2.35. The summed E-state index contributed by atoms with van der Waals surface area (Å²) < 4.78 is 5.04. The van der Waals surface area contributed by atoms with E-state index in [1.807, 2.05) is 0 Å². The molecule has 0 saturated carbocycles. The molecule has 72 valence electrons. The highest BCUT2D eigenvalue weighted by atomic mass is 16.5. The molecule has 2 atom stereocenters. The van der Waals surface area contributed by atoms with Crippen molar-refractivity contribution in [2.75, 3.05) is 0 Å². The Morgan fingerprint density at radius 2 is 1.92 bits per heavy atom. The molecule has 0 amide bonds. The molecule has 0 aliphatic rings. The summed E-state index contributed by atoms with van der Waals surface area (Å²) in [5.74, 6) is 0.886. The van der Waals surface area contributed by atoms with Crippen LogP contribution in [-0.4, -0.2) is 12.6 Å². The Balaban J connectivity index is 3.98. The third-order valence-electron chi connectivity index (χ3n) is 2.17.